The van der Waals surface area contributed by atoms with Gasteiger partial charge in [0.1, 0.15) is 29.5 Å². The molecule has 3 unspecified atom stereocenters. The molecule has 2 aromatic heterocycles. The van der Waals surface area contributed by atoms with Gasteiger partial charge in [-0.1, -0.05) is 17.7 Å². The van der Waals surface area contributed by atoms with E-state index in [4.69, 9.17) is 27.1 Å². The maximum absolute atomic E-state index is 14.1. The summed E-state index contributed by atoms with van der Waals surface area (Å²) in [4.78, 5) is 17.1. The lowest BCUT2D eigenvalue weighted by Crippen LogP contribution is -2.28. The van der Waals surface area contributed by atoms with Gasteiger partial charge in [-0.15, -0.1) is 5.10 Å². The van der Waals surface area contributed by atoms with Gasteiger partial charge in [0.05, 0.1) is 22.0 Å². The Hall–Kier alpha value is -3.21. The van der Waals surface area contributed by atoms with Crippen molar-refractivity contribution >= 4 is 23.1 Å². The highest BCUT2D eigenvalue weighted by Crippen LogP contribution is 2.54. The normalized spacial score (nSPS) is 23.0. The van der Waals surface area contributed by atoms with E-state index in [0.717, 1.165) is 5.57 Å². The van der Waals surface area contributed by atoms with Crippen molar-refractivity contribution in [2.45, 2.75) is 44.3 Å². The minimum atomic E-state index is -1.10. The molecule has 202 valence electrons. The van der Waals surface area contributed by atoms with Gasteiger partial charge in [0.2, 0.25) is 5.88 Å². The number of rotatable bonds is 7. The van der Waals surface area contributed by atoms with Crippen molar-refractivity contribution in [2.24, 2.45) is 31.7 Å². The van der Waals surface area contributed by atoms with Crippen molar-refractivity contribution in [3.63, 3.8) is 0 Å². The van der Waals surface area contributed by atoms with Crippen molar-refractivity contribution in [3.8, 4) is 17.3 Å². The summed E-state index contributed by atoms with van der Waals surface area (Å²) in [6.45, 7) is 3.37. The first-order valence-electron chi connectivity index (χ1n) is 12.4. The van der Waals surface area contributed by atoms with Gasteiger partial charge in [0.15, 0.2) is 0 Å². The number of benzene rings is 1. The number of allylic oxidation sites excluding steroid dienone is 2. The van der Waals surface area contributed by atoms with Crippen LogP contribution in [0.5, 0.6) is 5.88 Å². The summed E-state index contributed by atoms with van der Waals surface area (Å²) in [7, 11) is 3.43. The number of aryl methyl sites for hydroxylation is 1. The third-order valence-electron chi connectivity index (χ3n) is 7.39. The molecule has 3 aromatic rings. The summed E-state index contributed by atoms with van der Waals surface area (Å²) >= 11 is 5.84. The highest BCUT2D eigenvalue weighted by molar-refractivity contribution is 6.30. The molecule has 38 heavy (non-hydrogen) atoms. The number of primary amides is 1. The first kappa shape index (κ1) is 26.4. The van der Waals surface area contributed by atoms with Crippen LogP contribution in [0.4, 0.5) is 4.39 Å². The molecule has 1 aromatic carbocycles. The van der Waals surface area contributed by atoms with E-state index in [9.17, 15) is 19.4 Å². The predicted molar refractivity (Wildman–Crippen MR) is 140 cm³/mol. The number of ether oxygens (including phenoxy) is 1. The second-order valence-corrected chi connectivity index (χ2v) is 11.4. The van der Waals surface area contributed by atoms with E-state index in [2.05, 4.69) is 11.2 Å². The topological polar surface area (TPSA) is 128 Å². The van der Waals surface area contributed by atoms with E-state index in [-0.39, 0.29) is 29.2 Å². The number of hydrogen-bond acceptors (Lipinski definition) is 6. The van der Waals surface area contributed by atoms with Gasteiger partial charge in [0, 0.05) is 25.7 Å². The Morgan fingerprint density at radius 1 is 1.32 bits per heavy atom. The van der Waals surface area contributed by atoms with Crippen LogP contribution >= 0.6 is 11.6 Å². The van der Waals surface area contributed by atoms with Crippen LogP contribution in [0, 0.1) is 17.7 Å². The van der Waals surface area contributed by atoms with Gasteiger partial charge in [-0.05, 0) is 68.7 Å². The molecule has 5 rings (SSSR count). The summed E-state index contributed by atoms with van der Waals surface area (Å²) < 4.78 is 22.9. The maximum Gasteiger partial charge on any atom is 0.267 e. The number of carbonyl (C=O) groups is 1. The van der Waals surface area contributed by atoms with Crippen molar-refractivity contribution < 1.29 is 24.1 Å². The minimum Gasteiger partial charge on any atom is -0.474 e. The van der Waals surface area contributed by atoms with Crippen LogP contribution in [0.1, 0.15) is 55.0 Å². The monoisotopic (exact) mass is 543 g/mol. The summed E-state index contributed by atoms with van der Waals surface area (Å²) in [5.41, 5.74) is 6.37. The summed E-state index contributed by atoms with van der Waals surface area (Å²) in [5.74, 6) is -0.260. The Kier molecular flexibility index (Phi) is 6.40. The van der Waals surface area contributed by atoms with Gasteiger partial charge in [-0.3, -0.25) is 9.48 Å². The zero-order chi connectivity index (χ0) is 27.6. The predicted octanol–water partition coefficient (Wildman–Crippen LogP) is 3.56. The first-order chi connectivity index (χ1) is 17.8. The summed E-state index contributed by atoms with van der Waals surface area (Å²) in [6, 6.07) is 6.10. The summed E-state index contributed by atoms with van der Waals surface area (Å²) in [6.07, 6.45) is 3.64. The number of halogens is 2. The lowest BCUT2D eigenvalue weighted by Gasteiger charge is -2.23. The number of nitrogens with zero attached hydrogens (tertiary/aromatic N) is 4. The molecule has 2 aliphatic carbocycles. The molecule has 3 atom stereocenters. The number of aliphatic hydroxyl groups is 2. The fraction of sp³-hybridized carbons (Fsp3) is 0.444. The molecule has 0 radical (unpaired) electrons. The molecular weight excluding hydrogens is 513 g/mol. The zero-order valence-electron chi connectivity index (χ0n) is 21.7. The number of fused-ring (bicyclic) bond motifs is 1. The van der Waals surface area contributed by atoms with Crippen molar-refractivity contribution in [1.29, 1.82) is 0 Å². The van der Waals surface area contributed by atoms with Gasteiger partial charge < -0.3 is 25.3 Å². The van der Waals surface area contributed by atoms with E-state index in [1.54, 1.807) is 49.3 Å². The molecule has 11 heteroatoms. The van der Waals surface area contributed by atoms with Gasteiger partial charge in [0.25, 0.3) is 5.91 Å². The van der Waals surface area contributed by atoms with E-state index in [0.29, 0.717) is 47.9 Å². The molecule has 1 amide bonds. The molecule has 0 saturated heterocycles. The Morgan fingerprint density at radius 3 is 2.68 bits per heavy atom. The minimum absolute atomic E-state index is 0.00135. The fourth-order valence-corrected chi connectivity index (χ4v) is 5.85. The molecule has 1 fully saturated rings. The van der Waals surface area contributed by atoms with E-state index in [1.165, 1.54) is 12.1 Å². The molecule has 0 spiro atoms. The molecule has 2 aliphatic rings. The van der Waals surface area contributed by atoms with Crippen LogP contribution in [-0.2, 0) is 19.7 Å². The number of nitrogens with two attached hydrogens (primary N) is 1. The van der Waals surface area contributed by atoms with Crippen LogP contribution in [-0.4, -0.2) is 47.7 Å². The van der Waals surface area contributed by atoms with Crippen LogP contribution in [0.3, 0.4) is 0 Å². The SMILES string of the molecule is Cn1nc(OCC(C)(C)O)cc1C1(O)CC2C=C(c3nc(-c4ccc(Cl)c(F)c4)n(C)c3C(N)=O)CC2C1. The Morgan fingerprint density at radius 2 is 2.05 bits per heavy atom. The molecule has 2 heterocycles. The molecule has 0 bridgehead atoms. The number of aromatic nitrogens is 4. The average Bonchev–Trinajstić information content (AvgIpc) is 3.54. The van der Waals surface area contributed by atoms with Gasteiger partial charge in [-0.25, -0.2) is 9.37 Å². The third kappa shape index (κ3) is 4.72. The smallest absolute Gasteiger partial charge is 0.267 e. The van der Waals surface area contributed by atoms with Crippen LogP contribution < -0.4 is 10.5 Å². The third-order valence-corrected chi connectivity index (χ3v) is 7.70. The number of hydrogen-bond donors (Lipinski definition) is 3. The second-order valence-electron chi connectivity index (χ2n) is 11.0. The molecule has 9 nitrogen and oxygen atoms in total. The second kappa shape index (κ2) is 9.21. The average molecular weight is 544 g/mol. The highest BCUT2D eigenvalue weighted by atomic mass is 35.5. The molecular formula is C27H31ClFN5O4. The van der Waals surface area contributed by atoms with E-state index in [1.807, 2.05) is 0 Å². The Bertz CT molecular complexity index is 1460. The lowest BCUT2D eigenvalue weighted by molar-refractivity contribution is 0.0266. The van der Waals surface area contributed by atoms with Crippen molar-refractivity contribution in [2.75, 3.05) is 6.61 Å². The number of amides is 1. The molecule has 1 saturated carbocycles. The largest absolute Gasteiger partial charge is 0.474 e. The van der Waals surface area contributed by atoms with Crippen LogP contribution in [0.15, 0.2) is 30.3 Å². The quantitative estimate of drug-likeness (QED) is 0.418. The lowest BCUT2D eigenvalue weighted by atomic mass is 9.93. The van der Waals surface area contributed by atoms with E-state index < -0.39 is 22.9 Å². The van der Waals surface area contributed by atoms with Gasteiger partial charge in [-0.2, -0.15) is 0 Å². The van der Waals surface area contributed by atoms with E-state index >= 15 is 0 Å². The standard InChI is InChI=1S/C27H31ClFN5O4/c1-26(2,36)13-38-21-10-20(34(4)32-21)27(37)11-16-7-15(8-17(16)12-27)22-23(24(30)35)33(3)25(31-22)14-5-6-18(28)19(29)9-14/h5-7,9-10,16-17,36-37H,8,11-13H2,1-4H3,(H2,30,35). The fourth-order valence-electron chi connectivity index (χ4n) is 5.73. The molecule has 4 N–H and O–H groups in total. The van der Waals surface area contributed by atoms with Gasteiger partial charge >= 0.3 is 0 Å². The maximum atomic E-state index is 14.1. The molecule has 0 aliphatic heterocycles. The first-order valence-corrected chi connectivity index (χ1v) is 12.8. The van der Waals surface area contributed by atoms with Crippen LogP contribution in [0.2, 0.25) is 5.02 Å². The highest BCUT2D eigenvalue weighted by Gasteiger charge is 2.49. The van der Waals surface area contributed by atoms with Crippen molar-refractivity contribution in [1.82, 2.24) is 19.3 Å². The zero-order valence-corrected chi connectivity index (χ0v) is 22.5. The summed E-state index contributed by atoms with van der Waals surface area (Å²) in [5, 5.41) is 25.9. The van der Waals surface area contributed by atoms with Crippen molar-refractivity contribution in [3.05, 3.63) is 58.3 Å². The number of carbonyl (C=O) groups excluding carboxylic acids is 1. The Balaban J connectivity index is 1.42. The Labute approximate surface area is 224 Å². The number of imidazole rings is 1. The van der Waals surface area contributed by atoms with Crippen LogP contribution in [0.25, 0.3) is 17.0 Å².